The van der Waals surface area contributed by atoms with Gasteiger partial charge in [-0.2, -0.15) is 0 Å². The first kappa shape index (κ1) is 17.7. The van der Waals surface area contributed by atoms with Crippen LogP contribution in [0, 0.1) is 5.92 Å². The first-order valence-corrected chi connectivity index (χ1v) is 6.47. The lowest BCUT2D eigenvalue weighted by Gasteiger charge is -2.26. The largest absolute Gasteiger partial charge is 0.479 e. The molecule has 3 N–H and O–H groups in total. The Hall–Kier alpha value is -1.30. The molecule has 0 radical (unpaired) electrons. The number of aliphatic carboxylic acids is 1. The van der Waals surface area contributed by atoms with E-state index in [1.54, 1.807) is 20.8 Å². The summed E-state index contributed by atoms with van der Waals surface area (Å²) in [5.74, 6) is -1.17. The second kappa shape index (κ2) is 7.33. The van der Waals surface area contributed by atoms with Crippen LogP contribution in [0.2, 0.25) is 0 Å². The van der Waals surface area contributed by atoms with E-state index in [9.17, 15) is 14.7 Å². The molecule has 0 bridgehead atoms. The summed E-state index contributed by atoms with van der Waals surface area (Å²) in [4.78, 5) is 22.5. The van der Waals surface area contributed by atoms with Crippen LogP contribution in [0.25, 0.3) is 0 Å². The highest BCUT2D eigenvalue weighted by atomic mass is 16.6. The number of hydrogen-bond acceptors (Lipinski definition) is 4. The van der Waals surface area contributed by atoms with Crippen molar-refractivity contribution in [2.24, 2.45) is 5.92 Å². The standard InChI is InChI=1S/C13H25NO5/c1-6-8(2)7-9(10(15)11(16)17)14-12(18)19-13(3,4)5/h8-10,15H,6-7H2,1-5H3,(H,14,18)(H,16,17). The van der Waals surface area contributed by atoms with Gasteiger partial charge in [-0.1, -0.05) is 20.3 Å². The number of ether oxygens (including phenoxy) is 1. The maximum atomic E-state index is 11.6. The smallest absolute Gasteiger partial charge is 0.407 e. The minimum Gasteiger partial charge on any atom is -0.479 e. The molecule has 0 aliphatic rings. The summed E-state index contributed by atoms with van der Waals surface area (Å²) >= 11 is 0. The molecule has 0 heterocycles. The highest BCUT2D eigenvalue weighted by molar-refractivity contribution is 5.75. The van der Waals surface area contributed by atoms with Crippen LogP contribution >= 0.6 is 0 Å². The van der Waals surface area contributed by atoms with Gasteiger partial charge >= 0.3 is 12.1 Å². The van der Waals surface area contributed by atoms with E-state index in [4.69, 9.17) is 9.84 Å². The summed E-state index contributed by atoms with van der Waals surface area (Å²) in [7, 11) is 0. The third kappa shape index (κ3) is 7.66. The van der Waals surface area contributed by atoms with Gasteiger partial charge in [-0.05, 0) is 33.1 Å². The van der Waals surface area contributed by atoms with Crippen LogP contribution in [0.15, 0.2) is 0 Å². The van der Waals surface area contributed by atoms with Crippen LogP contribution in [-0.2, 0) is 9.53 Å². The van der Waals surface area contributed by atoms with Crippen LogP contribution in [0.1, 0.15) is 47.5 Å². The average molecular weight is 275 g/mol. The van der Waals surface area contributed by atoms with Gasteiger partial charge in [-0.15, -0.1) is 0 Å². The zero-order valence-electron chi connectivity index (χ0n) is 12.3. The molecule has 0 aromatic carbocycles. The Kier molecular flexibility index (Phi) is 6.83. The van der Waals surface area contributed by atoms with Crippen LogP contribution in [0.4, 0.5) is 4.79 Å². The summed E-state index contributed by atoms with van der Waals surface area (Å²) in [6.07, 6.45) is -1.15. The Bertz CT molecular complexity index is 311. The predicted octanol–water partition coefficient (Wildman–Crippen LogP) is 1.76. The minimum absolute atomic E-state index is 0.189. The van der Waals surface area contributed by atoms with E-state index in [-0.39, 0.29) is 5.92 Å². The third-order valence-electron chi connectivity index (χ3n) is 2.69. The van der Waals surface area contributed by atoms with Crippen molar-refractivity contribution in [2.45, 2.75) is 65.2 Å². The number of aliphatic hydroxyl groups excluding tert-OH is 1. The van der Waals surface area contributed by atoms with Crippen molar-refractivity contribution in [2.75, 3.05) is 0 Å². The molecular weight excluding hydrogens is 250 g/mol. The molecule has 0 rings (SSSR count). The van der Waals surface area contributed by atoms with Gasteiger partial charge in [0.2, 0.25) is 0 Å². The second-order valence-electron chi connectivity index (χ2n) is 5.78. The molecular formula is C13H25NO5. The number of rotatable bonds is 6. The normalized spacial score (nSPS) is 16.3. The summed E-state index contributed by atoms with van der Waals surface area (Å²) in [5, 5.41) is 20.9. The molecule has 0 saturated carbocycles. The Labute approximate surface area is 114 Å². The van der Waals surface area contributed by atoms with Gasteiger partial charge in [-0.3, -0.25) is 0 Å². The topological polar surface area (TPSA) is 95.9 Å². The van der Waals surface area contributed by atoms with E-state index in [1.165, 1.54) is 0 Å². The number of carboxylic acids is 1. The number of carboxylic acid groups (broad SMARTS) is 1. The lowest BCUT2D eigenvalue weighted by molar-refractivity contribution is -0.148. The first-order chi connectivity index (χ1) is 8.56. The second-order valence-corrected chi connectivity index (χ2v) is 5.78. The molecule has 0 fully saturated rings. The van der Waals surface area contributed by atoms with E-state index in [2.05, 4.69) is 5.32 Å². The quantitative estimate of drug-likeness (QED) is 0.686. The molecule has 19 heavy (non-hydrogen) atoms. The average Bonchev–Trinajstić information content (AvgIpc) is 2.24. The van der Waals surface area contributed by atoms with Gasteiger partial charge in [0.25, 0.3) is 0 Å². The van der Waals surface area contributed by atoms with Crippen LogP contribution < -0.4 is 5.32 Å². The summed E-state index contributed by atoms with van der Waals surface area (Å²) in [6.45, 7) is 9.03. The molecule has 1 amide bonds. The monoisotopic (exact) mass is 275 g/mol. The number of alkyl carbamates (subject to hydrolysis) is 1. The fourth-order valence-corrected chi connectivity index (χ4v) is 1.50. The van der Waals surface area contributed by atoms with Crippen molar-refractivity contribution in [1.29, 1.82) is 0 Å². The molecule has 3 unspecified atom stereocenters. The molecule has 0 spiro atoms. The lowest BCUT2D eigenvalue weighted by Crippen LogP contribution is -2.49. The predicted molar refractivity (Wildman–Crippen MR) is 70.9 cm³/mol. The summed E-state index contributed by atoms with van der Waals surface area (Å²) in [6, 6.07) is -0.859. The minimum atomic E-state index is -1.64. The third-order valence-corrected chi connectivity index (χ3v) is 2.69. The fourth-order valence-electron chi connectivity index (χ4n) is 1.50. The number of hydrogen-bond donors (Lipinski definition) is 3. The van der Waals surface area contributed by atoms with E-state index in [0.29, 0.717) is 6.42 Å². The first-order valence-electron chi connectivity index (χ1n) is 6.47. The Morgan fingerprint density at radius 1 is 1.32 bits per heavy atom. The van der Waals surface area contributed by atoms with Gasteiger partial charge in [-0.25, -0.2) is 9.59 Å². The molecule has 6 heteroatoms. The van der Waals surface area contributed by atoms with Gasteiger partial charge in [0.15, 0.2) is 6.10 Å². The highest BCUT2D eigenvalue weighted by Crippen LogP contribution is 2.14. The molecule has 6 nitrogen and oxygen atoms in total. The molecule has 3 atom stereocenters. The highest BCUT2D eigenvalue weighted by Gasteiger charge is 2.30. The van der Waals surface area contributed by atoms with Crippen LogP contribution in [0.5, 0.6) is 0 Å². The molecule has 0 aromatic heterocycles. The van der Waals surface area contributed by atoms with Gasteiger partial charge in [0.1, 0.15) is 5.60 Å². The van der Waals surface area contributed by atoms with Gasteiger partial charge in [0.05, 0.1) is 6.04 Å². The van der Waals surface area contributed by atoms with Crippen molar-refractivity contribution in [3.05, 3.63) is 0 Å². The van der Waals surface area contributed by atoms with Crippen molar-refractivity contribution in [3.8, 4) is 0 Å². The molecule has 0 saturated heterocycles. The maximum absolute atomic E-state index is 11.6. The van der Waals surface area contributed by atoms with Crippen molar-refractivity contribution in [1.82, 2.24) is 5.32 Å². The Morgan fingerprint density at radius 3 is 2.21 bits per heavy atom. The molecule has 112 valence electrons. The van der Waals surface area contributed by atoms with E-state index >= 15 is 0 Å². The zero-order chi connectivity index (χ0) is 15.2. The molecule has 0 aliphatic carbocycles. The fraction of sp³-hybridized carbons (Fsp3) is 0.846. The molecule has 0 aromatic rings. The molecule has 0 aliphatic heterocycles. The van der Waals surface area contributed by atoms with E-state index in [0.717, 1.165) is 6.42 Å². The van der Waals surface area contributed by atoms with Crippen LogP contribution in [0.3, 0.4) is 0 Å². The van der Waals surface area contributed by atoms with Gasteiger partial charge in [0, 0.05) is 0 Å². The van der Waals surface area contributed by atoms with E-state index in [1.807, 2.05) is 13.8 Å². The Balaban J connectivity index is 4.67. The SMILES string of the molecule is CCC(C)CC(NC(=O)OC(C)(C)C)C(O)C(=O)O. The number of carbonyl (C=O) groups excluding carboxylic acids is 1. The maximum Gasteiger partial charge on any atom is 0.407 e. The number of nitrogens with one attached hydrogen (secondary N) is 1. The number of amides is 1. The number of aliphatic hydroxyl groups is 1. The zero-order valence-corrected chi connectivity index (χ0v) is 12.3. The van der Waals surface area contributed by atoms with Crippen molar-refractivity contribution >= 4 is 12.1 Å². The summed E-state index contributed by atoms with van der Waals surface area (Å²) < 4.78 is 5.06. The van der Waals surface area contributed by atoms with Crippen molar-refractivity contribution in [3.63, 3.8) is 0 Å². The van der Waals surface area contributed by atoms with Gasteiger partial charge < -0.3 is 20.3 Å². The summed E-state index contributed by atoms with van der Waals surface area (Å²) in [5.41, 5.74) is -0.667. The Morgan fingerprint density at radius 2 is 1.84 bits per heavy atom. The van der Waals surface area contributed by atoms with Crippen LogP contribution in [-0.4, -0.2) is 40.0 Å². The van der Waals surface area contributed by atoms with E-state index < -0.39 is 29.8 Å². The number of carbonyl (C=O) groups is 2. The lowest BCUT2D eigenvalue weighted by atomic mass is 9.96. The van der Waals surface area contributed by atoms with Crippen molar-refractivity contribution < 1.29 is 24.5 Å².